The molecule has 86 valence electrons. The molecule has 0 spiro atoms. The maximum Gasteiger partial charge on any atom is 0.105 e. The van der Waals surface area contributed by atoms with E-state index in [0.29, 0.717) is 21.3 Å². The standard InChI is InChI=1S/C8H18Br2N2OS/c1-6(4-8(10)7(2)9)5-14(11,13)12-3/h6-8H,4-5H2,1-3H3,(H2,11,12,13)/t6-,7?,8?,14?/m0/s1. The minimum absolute atomic E-state index is 0.306. The molecule has 0 aromatic carbocycles. The van der Waals surface area contributed by atoms with E-state index in [4.69, 9.17) is 5.14 Å². The number of hydrogen-bond acceptors (Lipinski definition) is 2. The van der Waals surface area contributed by atoms with E-state index in [0.717, 1.165) is 6.42 Å². The number of nitrogens with two attached hydrogens (primary N) is 1. The van der Waals surface area contributed by atoms with Gasteiger partial charge in [-0.05, 0) is 12.3 Å². The van der Waals surface area contributed by atoms with Crippen LogP contribution in [0.3, 0.4) is 0 Å². The van der Waals surface area contributed by atoms with Crippen LogP contribution in [0.2, 0.25) is 0 Å². The van der Waals surface area contributed by atoms with Gasteiger partial charge < -0.3 is 0 Å². The Balaban J connectivity index is 4.12. The topological polar surface area (TPSA) is 55.4 Å². The Morgan fingerprint density at radius 3 is 2.29 bits per heavy atom. The molecule has 6 heteroatoms. The first kappa shape index (κ1) is 14.9. The largest absolute Gasteiger partial charge is 0.245 e. The van der Waals surface area contributed by atoms with Crippen LogP contribution in [0.1, 0.15) is 20.3 Å². The van der Waals surface area contributed by atoms with E-state index in [1.807, 2.05) is 6.92 Å². The molecule has 0 radical (unpaired) electrons. The van der Waals surface area contributed by atoms with Crippen molar-refractivity contribution in [2.75, 3.05) is 12.8 Å². The molecule has 0 amide bonds. The predicted octanol–water partition coefficient (Wildman–Crippen LogP) is 2.53. The van der Waals surface area contributed by atoms with Gasteiger partial charge in [-0.3, -0.25) is 0 Å². The summed E-state index contributed by atoms with van der Waals surface area (Å²) in [5.41, 5.74) is 0. The minimum Gasteiger partial charge on any atom is -0.245 e. The number of rotatable bonds is 5. The normalized spacial score (nSPS) is 22.1. The van der Waals surface area contributed by atoms with E-state index < -0.39 is 9.92 Å². The SMILES string of the molecule is CN=S(N)(=O)C[C@@H](C)CC(Br)C(C)Br. The molecule has 0 aliphatic heterocycles. The first-order valence-corrected chi connectivity index (χ1v) is 8.05. The van der Waals surface area contributed by atoms with Crippen molar-refractivity contribution in [2.45, 2.75) is 29.9 Å². The quantitative estimate of drug-likeness (QED) is 0.762. The smallest absolute Gasteiger partial charge is 0.105 e. The van der Waals surface area contributed by atoms with Gasteiger partial charge in [-0.15, -0.1) is 0 Å². The molecule has 0 saturated carbocycles. The molecule has 3 nitrogen and oxygen atoms in total. The third-order valence-electron chi connectivity index (χ3n) is 1.96. The van der Waals surface area contributed by atoms with Gasteiger partial charge in [0.1, 0.15) is 9.92 Å². The lowest BCUT2D eigenvalue weighted by molar-refractivity contribution is 0.568. The fraction of sp³-hybridized carbons (Fsp3) is 1.00. The Kier molecular flexibility index (Phi) is 6.85. The summed E-state index contributed by atoms with van der Waals surface area (Å²) in [5, 5.41) is 5.50. The zero-order valence-corrected chi connectivity index (χ0v) is 12.7. The Labute approximate surface area is 104 Å². The molecule has 0 heterocycles. The second kappa shape index (κ2) is 6.45. The molecular formula is C8H18Br2N2OS. The van der Waals surface area contributed by atoms with E-state index in [1.165, 1.54) is 7.05 Å². The van der Waals surface area contributed by atoms with Crippen LogP contribution in [0, 0.1) is 5.92 Å². The van der Waals surface area contributed by atoms with Crippen LogP contribution in [0.4, 0.5) is 0 Å². The fourth-order valence-electron chi connectivity index (χ4n) is 1.12. The van der Waals surface area contributed by atoms with Gasteiger partial charge in [0.05, 0.1) is 0 Å². The summed E-state index contributed by atoms with van der Waals surface area (Å²) < 4.78 is 15.2. The average molecular weight is 350 g/mol. The van der Waals surface area contributed by atoms with E-state index in [1.54, 1.807) is 0 Å². The third-order valence-corrected chi connectivity index (χ3v) is 6.14. The molecule has 4 atom stereocenters. The molecule has 2 N–H and O–H groups in total. The molecule has 0 aromatic heterocycles. The molecule has 0 rings (SSSR count). The van der Waals surface area contributed by atoms with E-state index in [2.05, 4.69) is 43.1 Å². The lowest BCUT2D eigenvalue weighted by Gasteiger charge is -2.17. The predicted molar refractivity (Wildman–Crippen MR) is 70.4 cm³/mol. The number of nitrogens with zero attached hydrogens (tertiary/aromatic N) is 1. The lowest BCUT2D eigenvalue weighted by Crippen LogP contribution is -2.24. The number of alkyl halides is 2. The van der Waals surface area contributed by atoms with Crippen molar-refractivity contribution in [3.8, 4) is 0 Å². The second-order valence-corrected chi connectivity index (χ2v) is 8.27. The summed E-state index contributed by atoms with van der Waals surface area (Å²) in [5.74, 6) is 0.770. The highest BCUT2D eigenvalue weighted by molar-refractivity contribution is 9.12. The molecule has 0 saturated heterocycles. The first-order valence-electron chi connectivity index (χ1n) is 4.47. The van der Waals surface area contributed by atoms with Crippen LogP contribution < -0.4 is 5.14 Å². The molecule has 0 aliphatic rings. The summed E-state index contributed by atoms with van der Waals surface area (Å²) in [6, 6.07) is 0. The second-order valence-electron chi connectivity index (χ2n) is 3.57. The van der Waals surface area contributed by atoms with E-state index >= 15 is 0 Å². The summed E-state index contributed by atoms with van der Waals surface area (Å²) in [6.45, 7) is 4.12. The van der Waals surface area contributed by atoms with Gasteiger partial charge >= 0.3 is 0 Å². The molecule has 0 fully saturated rings. The summed E-state index contributed by atoms with van der Waals surface area (Å²) in [6.07, 6.45) is 0.941. The molecule has 0 aliphatic carbocycles. The Morgan fingerprint density at radius 2 is 1.93 bits per heavy atom. The van der Waals surface area contributed by atoms with E-state index in [9.17, 15) is 4.21 Å². The highest BCUT2D eigenvalue weighted by Crippen LogP contribution is 2.22. The minimum atomic E-state index is -2.45. The van der Waals surface area contributed by atoms with Crippen molar-refractivity contribution in [1.29, 1.82) is 0 Å². The van der Waals surface area contributed by atoms with Crippen LogP contribution in [-0.2, 0) is 9.92 Å². The van der Waals surface area contributed by atoms with Crippen molar-refractivity contribution in [3.05, 3.63) is 0 Å². The molecule has 0 aromatic rings. The van der Waals surface area contributed by atoms with Crippen molar-refractivity contribution < 1.29 is 4.21 Å². The molecule has 14 heavy (non-hydrogen) atoms. The van der Waals surface area contributed by atoms with Gasteiger partial charge in [0.15, 0.2) is 0 Å². The first-order chi connectivity index (χ1) is 6.28. The van der Waals surface area contributed by atoms with Gasteiger partial charge in [-0.25, -0.2) is 13.7 Å². The lowest BCUT2D eigenvalue weighted by atomic mass is 10.1. The summed E-state index contributed by atoms with van der Waals surface area (Å²) >= 11 is 7.05. The maximum absolute atomic E-state index is 11.5. The zero-order valence-electron chi connectivity index (χ0n) is 8.74. The molecule has 3 unspecified atom stereocenters. The highest BCUT2D eigenvalue weighted by Gasteiger charge is 2.17. The van der Waals surface area contributed by atoms with Crippen LogP contribution in [0.5, 0.6) is 0 Å². The fourth-order valence-corrected chi connectivity index (χ4v) is 3.08. The van der Waals surface area contributed by atoms with Crippen LogP contribution in [0.25, 0.3) is 0 Å². The van der Waals surface area contributed by atoms with E-state index in [-0.39, 0.29) is 0 Å². The maximum atomic E-state index is 11.5. The Morgan fingerprint density at radius 1 is 1.43 bits per heavy atom. The average Bonchev–Trinajstić information content (AvgIpc) is 2.02. The van der Waals surface area contributed by atoms with Gasteiger partial charge in [0, 0.05) is 22.5 Å². The summed E-state index contributed by atoms with van der Waals surface area (Å²) in [4.78, 5) is 0.780. The van der Waals surface area contributed by atoms with Gasteiger partial charge in [-0.2, -0.15) is 0 Å². The van der Waals surface area contributed by atoms with Crippen LogP contribution >= 0.6 is 31.9 Å². The number of halogens is 2. The molecular weight excluding hydrogens is 332 g/mol. The van der Waals surface area contributed by atoms with Crippen LogP contribution in [0.15, 0.2) is 4.36 Å². The monoisotopic (exact) mass is 348 g/mol. The van der Waals surface area contributed by atoms with Crippen LogP contribution in [-0.4, -0.2) is 26.7 Å². The Bertz CT molecular complexity index is 275. The van der Waals surface area contributed by atoms with Gasteiger partial charge in [-0.1, -0.05) is 45.7 Å². The summed E-state index contributed by atoms with van der Waals surface area (Å²) in [7, 11) is -0.943. The molecule has 0 bridgehead atoms. The van der Waals surface area contributed by atoms with Crippen molar-refractivity contribution in [2.24, 2.45) is 15.4 Å². The Hall–Kier alpha value is 0.870. The third kappa shape index (κ3) is 6.37. The van der Waals surface area contributed by atoms with Crippen molar-refractivity contribution in [1.82, 2.24) is 0 Å². The number of hydrogen-bond donors (Lipinski definition) is 1. The zero-order chi connectivity index (χ0) is 11.4. The van der Waals surface area contributed by atoms with Crippen molar-refractivity contribution >= 4 is 41.8 Å². The highest BCUT2D eigenvalue weighted by atomic mass is 79.9. The van der Waals surface area contributed by atoms with Crippen molar-refractivity contribution in [3.63, 3.8) is 0 Å². The van der Waals surface area contributed by atoms with Gasteiger partial charge in [0.25, 0.3) is 0 Å². The van der Waals surface area contributed by atoms with Gasteiger partial charge in [0.2, 0.25) is 0 Å².